The quantitative estimate of drug-likeness (QED) is 0.560. The maximum absolute atomic E-state index is 11.8. The molecule has 1 spiro atoms. The molecule has 2 amide bonds. The zero-order valence-corrected chi connectivity index (χ0v) is 7.87. The van der Waals surface area contributed by atoms with Gasteiger partial charge >= 0.3 is 0 Å². The number of nitrogens with one attached hydrogen (secondary N) is 2. The molecule has 3 rings (SSSR count). The highest BCUT2D eigenvalue weighted by atomic mass is 16.5. The van der Waals surface area contributed by atoms with Gasteiger partial charge in [-0.1, -0.05) is 0 Å². The molecule has 6 heteroatoms. The van der Waals surface area contributed by atoms with Crippen LogP contribution in [0.5, 0.6) is 5.75 Å². The van der Waals surface area contributed by atoms with Crippen LogP contribution in [0.25, 0.3) is 0 Å². The normalized spacial score (nSPS) is 28.8. The largest absolute Gasteiger partial charge is 0.488 e. The minimum Gasteiger partial charge on any atom is -0.488 e. The zero-order chi connectivity index (χ0) is 10.5. The maximum atomic E-state index is 11.8. The molecule has 78 valence electrons. The summed E-state index contributed by atoms with van der Waals surface area (Å²) in [5.74, 6) is 0.0971. The van der Waals surface area contributed by atoms with E-state index < -0.39 is 5.41 Å². The Balaban J connectivity index is 2.06. The highest BCUT2D eigenvalue weighted by Gasteiger charge is 2.51. The van der Waals surface area contributed by atoms with Crippen LogP contribution >= 0.6 is 0 Å². The van der Waals surface area contributed by atoms with Gasteiger partial charge in [-0.2, -0.15) is 5.10 Å². The number of nitrogens with zero attached hydrogens (tertiary/aromatic N) is 1. The van der Waals surface area contributed by atoms with E-state index in [9.17, 15) is 9.59 Å². The molecule has 2 aliphatic rings. The van der Waals surface area contributed by atoms with Crippen molar-refractivity contribution in [2.75, 3.05) is 6.61 Å². The number of hydrogen-bond donors (Lipinski definition) is 2. The zero-order valence-electron chi connectivity index (χ0n) is 7.87. The Morgan fingerprint density at radius 1 is 1.47 bits per heavy atom. The summed E-state index contributed by atoms with van der Waals surface area (Å²) >= 11 is 0. The van der Waals surface area contributed by atoms with Crippen LogP contribution in [0.15, 0.2) is 6.20 Å². The lowest BCUT2D eigenvalue weighted by Crippen LogP contribution is -2.52. The van der Waals surface area contributed by atoms with Crippen LogP contribution in [0.2, 0.25) is 0 Å². The van der Waals surface area contributed by atoms with Crippen molar-refractivity contribution >= 4 is 11.8 Å². The number of aromatic amines is 1. The lowest BCUT2D eigenvalue weighted by molar-refractivity contribution is -0.138. The first-order valence-electron chi connectivity index (χ1n) is 4.73. The molecule has 15 heavy (non-hydrogen) atoms. The molecule has 2 N–H and O–H groups in total. The predicted molar refractivity (Wildman–Crippen MR) is 48.1 cm³/mol. The molecule has 0 aliphatic carbocycles. The number of amides is 2. The summed E-state index contributed by atoms with van der Waals surface area (Å²) in [5, 5.41) is 8.95. The third kappa shape index (κ3) is 0.958. The molecule has 1 fully saturated rings. The van der Waals surface area contributed by atoms with Gasteiger partial charge in [-0.15, -0.1) is 0 Å². The summed E-state index contributed by atoms with van der Waals surface area (Å²) in [4.78, 5) is 22.9. The molecular weight excluding hydrogens is 198 g/mol. The fourth-order valence-corrected chi connectivity index (χ4v) is 2.13. The number of carbonyl (C=O) groups excluding carboxylic acids is 2. The smallest absolute Gasteiger partial charge is 0.242 e. The standard InChI is InChI=1S/C9H9N3O3/c13-6-1-2-9(8(14)11-6)4-15-5-3-10-12-7(5)9/h3H,1-2,4H2,(H,10,12)(H,11,13,14). The molecule has 3 heterocycles. The Labute approximate surface area is 85.0 Å². The second kappa shape index (κ2) is 2.59. The summed E-state index contributed by atoms with van der Waals surface area (Å²) in [6, 6.07) is 0. The molecule has 0 aromatic carbocycles. The van der Waals surface area contributed by atoms with Crippen LogP contribution in [-0.2, 0) is 15.0 Å². The third-order valence-electron chi connectivity index (χ3n) is 3.02. The van der Waals surface area contributed by atoms with Gasteiger partial charge in [-0.25, -0.2) is 0 Å². The van der Waals surface area contributed by atoms with Crippen molar-refractivity contribution in [2.24, 2.45) is 0 Å². The van der Waals surface area contributed by atoms with Gasteiger partial charge in [0.25, 0.3) is 0 Å². The Kier molecular flexibility index (Phi) is 1.46. The van der Waals surface area contributed by atoms with E-state index in [1.165, 1.54) is 0 Å². The van der Waals surface area contributed by atoms with Gasteiger partial charge in [0, 0.05) is 6.42 Å². The fourth-order valence-electron chi connectivity index (χ4n) is 2.13. The average molecular weight is 207 g/mol. The summed E-state index contributed by atoms with van der Waals surface area (Å²) in [7, 11) is 0. The first-order chi connectivity index (χ1) is 7.22. The highest BCUT2D eigenvalue weighted by Crippen LogP contribution is 2.41. The minimum absolute atomic E-state index is 0.224. The van der Waals surface area contributed by atoms with Crippen LogP contribution in [0.3, 0.4) is 0 Å². The van der Waals surface area contributed by atoms with E-state index in [-0.39, 0.29) is 18.4 Å². The van der Waals surface area contributed by atoms with E-state index in [4.69, 9.17) is 4.74 Å². The molecule has 0 saturated carbocycles. The monoisotopic (exact) mass is 207 g/mol. The van der Waals surface area contributed by atoms with Crippen molar-refractivity contribution in [3.05, 3.63) is 11.9 Å². The average Bonchev–Trinajstić information content (AvgIpc) is 2.75. The van der Waals surface area contributed by atoms with Crippen molar-refractivity contribution in [3.63, 3.8) is 0 Å². The molecule has 0 radical (unpaired) electrons. The van der Waals surface area contributed by atoms with Gasteiger partial charge in [-0.05, 0) is 6.42 Å². The topological polar surface area (TPSA) is 84.1 Å². The lowest BCUT2D eigenvalue weighted by atomic mass is 9.78. The van der Waals surface area contributed by atoms with Gasteiger partial charge in [0.15, 0.2) is 5.75 Å². The Morgan fingerprint density at radius 2 is 2.33 bits per heavy atom. The molecule has 1 aromatic rings. The molecular formula is C9H9N3O3. The number of hydrogen-bond acceptors (Lipinski definition) is 4. The van der Waals surface area contributed by atoms with Gasteiger partial charge in [0.1, 0.15) is 12.0 Å². The molecule has 1 aromatic heterocycles. The van der Waals surface area contributed by atoms with Crippen LogP contribution in [0.4, 0.5) is 0 Å². The summed E-state index contributed by atoms with van der Waals surface area (Å²) in [6.45, 7) is 0.288. The number of piperidine rings is 1. The van der Waals surface area contributed by atoms with Crippen molar-refractivity contribution < 1.29 is 14.3 Å². The van der Waals surface area contributed by atoms with E-state index in [0.717, 1.165) is 0 Å². The van der Waals surface area contributed by atoms with Crippen LogP contribution < -0.4 is 10.1 Å². The molecule has 1 saturated heterocycles. The molecule has 1 atom stereocenters. The van der Waals surface area contributed by atoms with Gasteiger partial charge in [0.2, 0.25) is 11.8 Å². The molecule has 1 unspecified atom stereocenters. The first kappa shape index (κ1) is 8.46. The van der Waals surface area contributed by atoms with E-state index in [1.807, 2.05) is 0 Å². The Bertz CT molecular complexity index is 453. The number of fused-ring (bicyclic) bond motifs is 2. The van der Waals surface area contributed by atoms with E-state index in [0.29, 0.717) is 24.3 Å². The van der Waals surface area contributed by atoms with Crippen LogP contribution in [-0.4, -0.2) is 28.6 Å². The lowest BCUT2D eigenvalue weighted by Gasteiger charge is -2.28. The fraction of sp³-hybridized carbons (Fsp3) is 0.444. The first-order valence-corrected chi connectivity index (χ1v) is 4.73. The van der Waals surface area contributed by atoms with E-state index in [1.54, 1.807) is 6.20 Å². The number of carbonyl (C=O) groups is 2. The van der Waals surface area contributed by atoms with Crippen molar-refractivity contribution in [2.45, 2.75) is 18.3 Å². The van der Waals surface area contributed by atoms with Crippen molar-refractivity contribution in [1.82, 2.24) is 15.5 Å². The number of imide groups is 1. The molecule has 0 bridgehead atoms. The number of aromatic nitrogens is 2. The summed E-state index contributed by atoms with van der Waals surface area (Å²) < 4.78 is 5.37. The van der Waals surface area contributed by atoms with E-state index in [2.05, 4.69) is 15.5 Å². The summed E-state index contributed by atoms with van der Waals surface area (Å²) in [6.07, 6.45) is 2.37. The number of ether oxygens (including phenoxy) is 1. The molecule has 6 nitrogen and oxygen atoms in total. The second-order valence-corrected chi connectivity index (χ2v) is 3.86. The maximum Gasteiger partial charge on any atom is 0.242 e. The molecule has 2 aliphatic heterocycles. The number of H-pyrrole nitrogens is 1. The van der Waals surface area contributed by atoms with E-state index >= 15 is 0 Å². The van der Waals surface area contributed by atoms with Crippen molar-refractivity contribution in [1.29, 1.82) is 0 Å². The van der Waals surface area contributed by atoms with Crippen molar-refractivity contribution in [3.8, 4) is 5.75 Å². The highest BCUT2D eigenvalue weighted by molar-refractivity contribution is 6.04. The Morgan fingerprint density at radius 3 is 3.13 bits per heavy atom. The van der Waals surface area contributed by atoms with Gasteiger partial charge in [-0.3, -0.25) is 20.0 Å². The third-order valence-corrected chi connectivity index (χ3v) is 3.02. The number of rotatable bonds is 0. The SMILES string of the molecule is O=C1CCC2(COc3cn[nH]c32)C(=O)N1. The minimum atomic E-state index is -0.736. The van der Waals surface area contributed by atoms with Gasteiger partial charge < -0.3 is 4.74 Å². The van der Waals surface area contributed by atoms with Crippen LogP contribution in [0.1, 0.15) is 18.5 Å². The van der Waals surface area contributed by atoms with Gasteiger partial charge in [0.05, 0.1) is 11.9 Å². The second-order valence-electron chi connectivity index (χ2n) is 3.86. The Hall–Kier alpha value is -1.85. The summed E-state index contributed by atoms with van der Waals surface area (Å²) in [5.41, 5.74) is -0.0489. The van der Waals surface area contributed by atoms with Crippen LogP contribution in [0, 0.1) is 0 Å². The predicted octanol–water partition coefficient (Wildman–Crippen LogP) is -0.524.